The first-order valence-electron chi connectivity index (χ1n) is 14.1. The van der Waals surface area contributed by atoms with Gasteiger partial charge in [0.25, 0.3) is 5.56 Å². The Kier molecular flexibility index (Phi) is 7.03. The van der Waals surface area contributed by atoms with E-state index in [1.54, 1.807) is 29.7 Å². The molecule has 0 radical (unpaired) electrons. The van der Waals surface area contributed by atoms with Crippen LogP contribution in [0.4, 0.5) is 11.5 Å². The van der Waals surface area contributed by atoms with Crippen LogP contribution in [0.1, 0.15) is 63.0 Å². The molecule has 2 fully saturated rings. The second-order valence-corrected chi connectivity index (χ2v) is 13.1. The highest BCUT2D eigenvalue weighted by atomic mass is 32.2. The monoisotopic (exact) mass is 564 g/mol. The molecule has 0 unspecified atom stereocenters. The summed E-state index contributed by atoms with van der Waals surface area (Å²) in [4.78, 5) is 20.4. The molecule has 2 saturated carbocycles. The molecular weight excluding hydrogens is 528 g/mol. The largest absolute Gasteiger partial charge is 0.513 e. The number of hydrogen-bond acceptors (Lipinski definition) is 7. The van der Waals surface area contributed by atoms with Gasteiger partial charge in [-0.1, -0.05) is 19.4 Å². The van der Waals surface area contributed by atoms with Crippen molar-refractivity contribution in [2.75, 3.05) is 12.4 Å². The minimum Gasteiger partial charge on any atom is -0.513 e. The summed E-state index contributed by atoms with van der Waals surface area (Å²) in [6, 6.07) is 7.13. The fraction of sp³-hybridized carbons (Fsp3) is 0.483. The zero-order valence-electron chi connectivity index (χ0n) is 22.7. The van der Waals surface area contributed by atoms with Gasteiger partial charge in [-0.3, -0.25) is 9.48 Å². The lowest BCUT2D eigenvalue weighted by molar-refractivity contribution is 0.200. The molecule has 3 aliphatic rings. The molecule has 6 rings (SSSR count). The average molecular weight is 565 g/mol. The summed E-state index contributed by atoms with van der Waals surface area (Å²) in [7, 11) is -1.81. The SMILES string of the molecule is C=C(O)C1CCC(N2Cc3cc(Nc4nn([C@H]5CCCC[C@@H]5C=NC)c5cc[nH]c(=O)c45)ccc3S2(=O)=O)CC1. The average Bonchev–Trinajstić information content (AvgIpc) is 3.44. The highest BCUT2D eigenvalue weighted by Gasteiger charge is 2.41. The number of aromatic amines is 1. The van der Waals surface area contributed by atoms with Crippen LogP contribution in [0, 0.1) is 11.8 Å². The number of hydrogen-bond donors (Lipinski definition) is 3. The maximum Gasteiger partial charge on any atom is 0.261 e. The minimum absolute atomic E-state index is 0.0377. The van der Waals surface area contributed by atoms with Gasteiger partial charge in [-0.05, 0) is 68.4 Å². The van der Waals surface area contributed by atoms with Crippen LogP contribution in [0.5, 0.6) is 0 Å². The molecule has 212 valence electrons. The van der Waals surface area contributed by atoms with E-state index in [9.17, 15) is 18.3 Å². The molecule has 3 aromatic rings. The van der Waals surface area contributed by atoms with E-state index in [1.165, 1.54) is 0 Å². The molecule has 1 aromatic carbocycles. The number of benzene rings is 1. The van der Waals surface area contributed by atoms with Crippen LogP contribution < -0.4 is 10.9 Å². The summed E-state index contributed by atoms with van der Waals surface area (Å²) in [5.74, 6) is 0.925. The van der Waals surface area contributed by atoms with E-state index >= 15 is 0 Å². The third-order valence-electron chi connectivity index (χ3n) is 8.88. The van der Waals surface area contributed by atoms with Crippen molar-refractivity contribution in [3.8, 4) is 0 Å². The van der Waals surface area contributed by atoms with E-state index in [0.717, 1.165) is 49.6 Å². The summed E-state index contributed by atoms with van der Waals surface area (Å²) in [6.07, 6.45) is 10.7. The Morgan fingerprint density at radius 2 is 1.95 bits per heavy atom. The molecule has 2 aliphatic carbocycles. The number of H-pyrrole nitrogens is 1. The molecule has 0 spiro atoms. The van der Waals surface area contributed by atoms with Crippen molar-refractivity contribution in [2.45, 2.75) is 74.9 Å². The zero-order chi connectivity index (χ0) is 28.0. The lowest BCUT2D eigenvalue weighted by atomic mass is 9.85. The number of aliphatic hydroxyl groups is 1. The van der Waals surface area contributed by atoms with E-state index in [4.69, 9.17) is 5.10 Å². The Morgan fingerprint density at radius 3 is 2.70 bits per heavy atom. The fourth-order valence-corrected chi connectivity index (χ4v) is 8.68. The maximum absolute atomic E-state index is 13.4. The van der Waals surface area contributed by atoms with E-state index in [-0.39, 0.29) is 35.2 Å². The van der Waals surface area contributed by atoms with Crippen molar-refractivity contribution < 1.29 is 13.5 Å². The van der Waals surface area contributed by atoms with Gasteiger partial charge in [-0.15, -0.1) is 0 Å². The number of aliphatic imine (C=N–C) groups is 1. The van der Waals surface area contributed by atoms with Crippen LogP contribution in [0.2, 0.25) is 0 Å². The summed E-state index contributed by atoms with van der Waals surface area (Å²) in [6.45, 7) is 3.96. The van der Waals surface area contributed by atoms with E-state index < -0.39 is 10.0 Å². The van der Waals surface area contributed by atoms with Crippen molar-refractivity contribution in [1.29, 1.82) is 0 Å². The molecule has 0 bridgehead atoms. The molecule has 2 atom stereocenters. The quantitative estimate of drug-likeness (QED) is 0.284. The number of aromatic nitrogens is 3. The number of pyridine rings is 1. The van der Waals surface area contributed by atoms with Gasteiger partial charge in [0.15, 0.2) is 5.82 Å². The van der Waals surface area contributed by atoms with Crippen LogP contribution in [0.15, 0.2) is 57.5 Å². The normalized spacial score (nSPS) is 26.7. The first-order valence-corrected chi connectivity index (χ1v) is 15.5. The first kappa shape index (κ1) is 26.8. The lowest BCUT2D eigenvalue weighted by Crippen LogP contribution is -2.38. The Bertz CT molecular complexity index is 1630. The topological polar surface area (TPSA) is 133 Å². The van der Waals surface area contributed by atoms with Gasteiger partial charge < -0.3 is 20.4 Å². The van der Waals surface area contributed by atoms with Gasteiger partial charge in [0, 0.05) is 49.6 Å². The number of nitrogens with one attached hydrogen (secondary N) is 2. The van der Waals surface area contributed by atoms with E-state index in [2.05, 4.69) is 21.9 Å². The third kappa shape index (κ3) is 4.64. The van der Waals surface area contributed by atoms with Gasteiger partial charge in [0.1, 0.15) is 5.39 Å². The zero-order valence-corrected chi connectivity index (χ0v) is 23.5. The number of aliphatic hydroxyl groups excluding tert-OH is 1. The van der Waals surface area contributed by atoms with Crippen molar-refractivity contribution in [3.63, 3.8) is 0 Å². The highest BCUT2D eigenvalue weighted by molar-refractivity contribution is 7.89. The Morgan fingerprint density at radius 1 is 1.18 bits per heavy atom. The number of anilines is 2. The highest BCUT2D eigenvalue weighted by Crippen LogP contribution is 2.40. The van der Waals surface area contributed by atoms with Crippen LogP contribution in [-0.4, -0.2) is 51.9 Å². The minimum atomic E-state index is -3.60. The van der Waals surface area contributed by atoms with Crippen LogP contribution >= 0.6 is 0 Å². The lowest BCUT2D eigenvalue weighted by Gasteiger charge is -2.33. The summed E-state index contributed by atoms with van der Waals surface area (Å²) >= 11 is 0. The fourth-order valence-electron chi connectivity index (χ4n) is 6.82. The van der Waals surface area contributed by atoms with Gasteiger partial charge in [0.05, 0.1) is 22.2 Å². The van der Waals surface area contributed by atoms with Gasteiger partial charge in [0.2, 0.25) is 10.0 Å². The molecule has 1 aliphatic heterocycles. The van der Waals surface area contributed by atoms with Crippen molar-refractivity contribution in [3.05, 3.63) is 58.7 Å². The van der Waals surface area contributed by atoms with Gasteiger partial charge >= 0.3 is 0 Å². The van der Waals surface area contributed by atoms with Crippen molar-refractivity contribution in [2.24, 2.45) is 16.8 Å². The van der Waals surface area contributed by atoms with Gasteiger partial charge in [-0.25, -0.2) is 8.42 Å². The molecule has 11 heteroatoms. The molecule has 0 amide bonds. The van der Waals surface area contributed by atoms with Crippen LogP contribution in [0.25, 0.3) is 10.9 Å². The molecule has 0 saturated heterocycles. The smallest absolute Gasteiger partial charge is 0.261 e. The molecule has 2 aromatic heterocycles. The predicted molar refractivity (Wildman–Crippen MR) is 156 cm³/mol. The van der Waals surface area contributed by atoms with E-state index in [0.29, 0.717) is 41.2 Å². The number of sulfonamides is 1. The molecule has 3 N–H and O–H groups in total. The third-order valence-corrected chi connectivity index (χ3v) is 10.9. The first-order chi connectivity index (χ1) is 19.3. The van der Waals surface area contributed by atoms with Crippen molar-refractivity contribution in [1.82, 2.24) is 19.1 Å². The van der Waals surface area contributed by atoms with E-state index in [1.807, 2.05) is 23.0 Å². The molecular formula is C29H36N6O4S. The Hall–Kier alpha value is -3.44. The van der Waals surface area contributed by atoms with Crippen LogP contribution in [-0.2, 0) is 16.6 Å². The molecule has 40 heavy (non-hydrogen) atoms. The Balaban J connectivity index is 1.30. The van der Waals surface area contributed by atoms with Crippen molar-refractivity contribution >= 4 is 38.6 Å². The second-order valence-electron chi connectivity index (χ2n) is 11.3. The predicted octanol–water partition coefficient (Wildman–Crippen LogP) is 5.03. The second kappa shape index (κ2) is 10.5. The molecule has 10 nitrogen and oxygen atoms in total. The maximum atomic E-state index is 13.4. The molecule has 3 heterocycles. The number of nitrogens with zero attached hydrogens (tertiary/aromatic N) is 4. The standard InChI is InChI=1S/C29H36N6O4S/c1-18(36)19-7-10-23(11-8-19)34-17-21-15-22(9-12-26(21)40(34,38)39)32-28-27-25(13-14-31-29(27)37)35(33-28)24-6-4-3-5-20(24)16-30-2/h9,12-16,19-20,23-24,36H,1,3-8,10-11,17H2,2H3,(H,31,37)(H,32,33)/t19?,20-,23?,24+/m1/s1. The number of fused-ring (bicyclic) bond motifs is 2. The van der Waals surface area contributed by atoms with Crippen LogP contribution in [0.3, 0.4) is 0 Å². The summed E-state index contributed by atoms with van der Waals surface area (Å²) in [5.41, 5.74) is 1.95. The number of allylic oxidation sites excluding steroid dienone is 1. The summed E-state index contributed by atoms with van der Waals surface area (Å²) < 4.78 is 30.4. The number of rotatable bonds is 6. The summed E-state index contributed by atoms with van der Waals surface area (Å²) in [5, 5.41) is 18.5. The Labute approximate surface area is 233 Å². The van der Waals surface area contributed by atoms with Gasteiger partial charge in [-0.2, -0.15) is 9.40 Å².